The van der Waals surface area contributed by atoms with E-state index in [4.69, 9.17) is 11.6 Å². The zero-order chi connectivity index (χ0) is 20.0. The molecule has 0 fully saturated rings. The van der Waals surface area contributed by atoms with Crippen LogP contribution in [0, 0.1) is 17.6 Å². The standard InChI is InChI=1S/C20H19ClF2N2O2/c1-12(13(2)19(26)25-18-5-3-16(22)4-6-18)7-8-24-20(27)14-9-15(21)11-17(23)10-14/h3-6,9-11,13H,1,7-8H2,2H3,(H,24,27)(H,25,26)/t13-/m1/s1. The summed E-state index contributed by atoms with van der Waals surface area (Å²) in [6, 6.07) is 9.01. The molecule has 0 radical (unpaired) electrons. The summed E-state index contributed by atoms with van der Waals surface area (Å²) in [7, 11) is 0. The zero-order valence-electron chi connectivity index (χ0n) is 14.7. The van der Waals surface area contributed by atoms with Crippen molar-refractivity contribution in [1.29, 1.82) is 0 Å². The van der Waals surface area contributed by atoms with Crippen molar-refractivity contribution in [2.24, 2.45) is 5.92 Å². The van der Waals surface area contributed by atoms with Gasteiger partial charge in [0.25, 0.3) is 5.91 Å². The molecule has 0 heterocycles. The zero-order valence-corrected chi connectivity index (χ0v) is 15.4. The molecule has 2 aromatic carbocycles. The number of nitrogens with one attached hydrogen (secondary N) is 2. The highest BCUT2D eigenvalue weighted by Crippen LogP contribution is 2.17. The summed E-state index contributed by atoms with van der Waals surface area (Å²) in [4.78, 5) is 24.2. The van der Waals surface area contributed by atoms with Gasteiger partial charge in [0.15, 0.2) is 0 Å². The average molecular weight is 393 g/mol. The fraction of sp³-hybridized carbons (Fsp3) is 0.200. The van der Waals surface area contributed by atoms with Gasteiger partial charge in [0.05, 0.1) is 5.92 Å². The van der Waals surface area contributed by atoms with Crippen molar-refractivity contribution in [1.82, 2.24) is 5.32 Å². The topological polar surface area (TPSA) is 58.2 Å². The number of hydrogen-bond donors (Lipinski definition) is 2. The van der Waals surface area contributed by atoms with Crippen LogP contribution >= 0.6 is 11.6 Å². The van der Waals surface area contributed by atoms with E-state index in [2.05, 4.69) is 17.2 Å². The summed E-state index contributed by atoms with van der Waals surface area (Å²) in [5, 5.41) is 5.45. The van der Waals surface area contributed by atoms with Crippen LogP contribution in [0.2, 0.25) is 5.02 Å². The Balaban J connectivity index is 1.82. The van der Waals surface area contributed by atoms with Gasteiger partial charge in [-0.1, -0.05) is 23.8 Å². The maximum atomic E-state index is 13.3. The molecule has 0 saturated carbocycles. The molecule has 142 valence electrons. The minimum absolute atomic E-state index is 0.118. The molecule has 0 bridgehead atoms. The minimum atomic E-state index is -0.594. The third kappa shape index (κ3) is 6.18. The highest BCUT2D eigenvalue weighted by atomic mass is 35.5. The van der Waals surface area contributed by atoms with Gasteiger partial charge in [-0.15, -0.1) is 0 Å². The number of hydrogen-bond acceptors (Lipinski definition) is 2. The van der Waals surface area contributed by atoms with Crippen LogP contribution in [0.1, 0.15) is 23.7 Å². The normalized spacial score (nSPS) is 11.6. The Labute approximate surface area is 161 Å². The van der Waals surface area contributed by atoms with Crippen LogP contribution in [-0.2, 0) is 4.79 Å². The highest BCUT2D eigenvalue weighted by Gasteiger charge is 2.17. The number of anilines is 1. The van der Waals surface area contributed by atoms with Gasteiger partial charge in [0.1, 0.15) is 11.6 Å². The lowest BCUT2D eigenvalue weighted by Gasteiger charge is -2.15. The third-order valence-corrected chi connectivity index (χ3v) is 4.19. The largest absolute Gasteiger partial charge is 0.352 e. The summed E-state index contributed by atoms with van der Waals surface area (Å²) in [5.74, 6) is -2.23. The Morgan fingerprint density at radius 2 is 1.78 bits per heavy atom. The van der Waals surface area contributed by atoms with Crippen molar-refractivity contribution in [2.45, 2.75) is 13.3 Å². The van der Waals surface area contributed by atoms with Crippen molar-refractivity contribution in [2.75, 3.05) is 11.9 Å². The summed E-state index contributed by atoms with van der Waals surface area (Å²) < 4.78 is 26.2. The number of rotatable bonds is 7. The molecule has 0 aliphatic heterocycles. The second kappa shape index (κ2) is 9.28. The Morgan fingerprint density at radius 3 is 2.41 bits per heavy atom. The molecule has 0 unspecified atom stereocenters. The lowest BCUT2D eigenvalue weighted by Crippen LogP contribution is -2.27. The molecule has 0 aliphatic rings. The summed E-state index contributed by atoms with van der Waals surface area (Å²) >= 11 is 5.73. The molecule has 0 aromatic heterocycles. The number of carbonyl (C=O) groups is 2. The van der Waals surface area contributed by atoms with Crippen molar-refractivity contribution < 1.29 is 18.4 Å². The van der Waals surface area contributed by atoms with E-state index in [-0.39, 0.29) is 28.9 Å². The Morgan fingerprint density at radius 1 is 1.11 bits per heavy atom. The first-order valence-electron chi connectivity index (χ1n) is 8.24. The van der Waals surface area contributed by atoms with Gasteiger partial charge in [-0.05, 0) is 55.8 Å². The van der Waals surface area contributed by atoms with E-state index in [9.17, 15) is 18.4 Å². The van der Waals surface area contributed by atoms with E-state index in [0.29, 0.717) is 17.7 Å². The second-order valence-corrected chi connectivity index (χ2v) is 6.48. The van der Waals surface area contributed by atoms with Gasteiger partial charge in [-0.2, -0.15) is 0 Å². The fourth-order valence-corrected chi connectivity index (χ4v) is 2.53. The molecule has 27 heavy (non-hydrogen) atoms. The first-order chi connectivity index (χ1) is 12.8. The maximum Gasteiger partial charge on any atom is 0.251 e. The van der Waals surface area contributed by atoms with E-state index in [0.717, 1.165) is 12.1 Å². The molecule has 1 atom stereocenters. The first-order valence-corrected chi connectivity index (χ1v) is 8.62. The SMILES string of the molecule is C=C(CCNC(=O)c1cc(F)cc(Cl)c1)[C@@H](C)C(=O)Nc1ccc(F)cc1. The number of benzene rings is 2. The van der Waals surface area contributed by atoms with Gasteiger partial charge < -0.3 is 10.6 Å². The summed E-state index contributed by atoms with van der Waals surface area (Å²) in [6.45, 7) is 5.80. The molecule has 2 aromatic rings. The van der Waals surface area contributed by atoms with Gasteiger partial charge in [-0.3, -0.25) is 9.59 Å². The van der Waals surface area contributed by atoms with Gasteiger partial charge >= 0.3 is 0 Å². The lowest BCUT2D eigenvalue weighted by atomic mass is 9.98. The van der Waals surface area contributed by atoms with Crippen LogP contribution < -0.4 is 10.6 Å². The Bertz CT molecular complexity index is 833. The van der Waals surface area contributed by atoms with Crippen molar-refractivity contribution >= 4 is 29.1 Å². The molecule has 4 nitrogen and oxygen atoms in total. The van der Waals surface area contributed by atoms with Crippen LogP contribution in [0.4, 0.5) is 14.5 Å². The van der Waals surface area contributed by atoms with E-state index in [1.165, 1.54) is 30.3 Å². The number of amides is 2. The highest BCUT2D eigenvalue weighted by molar-refractivity contribution is 6.31. The monoisotopic (exact) mass is 392 g/mol. The van der Waals surface area contributed by atoms with Crippen molar-refractivity contribution in [3.05, 3.63) is 76.8 Å². The summed E-state index contributed by atoms with van der Waals surface area (Å²) in [5.41, 5.74) is 1.22. The molecule has 0 aliphatic carbocycles. The lowest BCUT2D eigenvalue weighted by molar-refractivity contribution is -0.118. The smallest absolute Gasteiger partial charge is 0.251 e. The average Bonchev–Trinajstić information content (AvgIpc) is 2.61. The van der Waals surface area contributed by atoms with Crippen LogP contribution in [0.25, 0.3) is 0 Å². The van der Waals surface area contributed by atoms with E-state index >= 15 is 0 Å². The molecule has 2 N–H and O–H groups in total. The van der Waals surface area contributed by atoms with Crippen LogP contribution in [0.5, 0.6) is 0 Å². The summed E-state index contributed by atoms with van der Waals surface area (Å²) in [6.07, 6.45) is 0.368. The van der Waals surface area contributed by atoms with Crippen molar-refractivity contribution in [3.8, 4) is 0 Å². The first kappa shape index (κ1) is 20.6. The second-order valence-electron chi connectivity index (χ2n) is 6.04. The third-order valence-electron chi connectivity index (χ3n) is 3.97. The predicted octanol–water partition coefficient (Wildman–Crippen LogP) is 4.57. The quantitative estimate of drug-likeness (QED) is 0.678. The van der Waals surface area contributed by atoms with Crippen LogP contribution in [0.15, 0.2) is 54.6 Å². The van der Waals surface area contributed by atoms with E-state index in [1.54, 1.807) is 6.92 Å². The number of carbonyl (C=O) groups excluding carboxylic acids is 2. The van der Waals surface area contributed by atoms with Gasteiger partial charge in [0, 0.05) is 22.8 Å². The molecular formula is C20H19ClF2N2O2. The molecular weight excluding hydrogens is 374 g/mol. The number of halogens is 3. The van der Waals surface area contributed by atoms with Crippen molar-refractivity contribution in [3.63, 3.8) is 0 Å². The molecule has 0 saturated heterocycles. The van der Waals surface area contributed by atoms with Gasteiger partial charge in [0.2, 0.25) is 5.91 Å². The van der Waals surface area contributed by atoms with E-state index < -0.39 is 17.6 Å². The van der Waals surface area contributed by atoms with Crippen LogP contribution in [-0.4, -0.2) is 18.4 Å². The van der Waals surface area contributed by atoms with Crippen LogP contribution in [0.3, 0.4) is 0 Å². The maximum absolute atomic E-state index is 13.3. The Kier molecular flexibility index (Phi) is 7.07. The van der Waals surface area contributed by atoms with Gasteiger partial charge in [-0.25, -0.2) is 8.78 Å². The molecule has 0 spiro atoms. The molecule has 2 rings (SSSR count). The minimum Gasteiger partial charge on any atom is -0.352 e. The van der Waals surface area contributed by atoms with E-state index in [1.807, 2.05) is 0 Å². The molecule has 2 amide bonds. The molecule has 7 heteroatoms. The predicted molar refractivity (Wildman–Crippen MR) is 102 cm³/mol. The Hall–Kier alpha value is -2.73. The fourth-order valence-electron chi connectivity index (χ4n) is 2.31.